The summed E-state index contributed by atoms with van der Waals surface area (Å²) >= 11 is 0. The smallest absolute Gasteiger partial charge is 0.307 e. The summed E-state index contributed by atoms with van der Waals surface area (Å²) in [5.74, 6) is -0.132. The van der Waals surface area contributed by atoms with Crippen LogP contribution in [0.4, 0.5) is 0 Å². The first kappa shape index (κ1) is 13.5. The Labute approximate surface area is 97.7 Å². The van der Waals surface area contributed by atoms with Crippen LogP contribution in [0.3, 0.4) is 0 Å². The highest BCUT2D eigenvalue weighted by atomic mass is 16.6. The number of carbonyl (C=O) groups excluding carboxylic acids is 1. The molecule has 0 radical (unpaired) electrons. The Morgan fingerprint density at radius 1 is 1.31 bits per heavy atom. The molecule has 0 amide bonds. The lowest BCUT2D eigenvalue weighted by Crippen LogP contribution is -2.21. The fourth-order valence-electron chi connectivity index (χ4n) is 1.30. The second-order valence-electron chi connectivity index (χ2n) is 4.16. The summed E-state index contributed by atoms with van der Waals surface area (Å²) in [4.78, 5) is 11.2. The number of ether oxygens (including phenoxy) is 2. The maximum Gasteiger partial charge on any atom is 0.307 e. The molecule has 1 aliphatic rings. The number of unbranched alkanes of at least 4 members (excludes halogenated alkanes) is 1. The Hall–Kier alpha value is -0.610. The average molecular weight is 229 g/mol. The number of rotatable bonds is 10. The molecule has 0 spiro atoms. The molecule has 1 fully saturated rings. The molecular formula is C12H23NO3. The van der Waals surface area contributed by atoms with Gasteiger partial charge in [0.1, 0.15) is 6.61 Å². The molecular weight excluding hydrogens is 206 g/mol. The van der Waals surface area contributed by atoms with E-state index in [1.54, 1.807) is 0 Å². The summed E-state index contributed by atoms with van der Waals surface area (Å²) in [6.45, 7) is 4.52. The molecule has 94 valence electrons. The predicted octanol–water partition coefficient (Wildman–Crippen LogP) is 1.49. The van der Waals surface area contributed by atoms with Crippen LogP contribution in [0, 0.1) is 0 Å². The van der Waals surface area contributed by atoms with Gasteiger partial charge in [0, 0.05) is 19.2 Å². The molecule has 0 heterocycles. The monoisotopic (exact) mass is 229 g/mol. The lowest BCUT2D eigenvalue weighted by molar-refractivity contribution is -0.145. The topological polar surface area (TPSA) is 47.6 Å². The van der Waals surface area contributed by atoms with E-state index in [-0.39, 0.29) is 5.97 Å². The zero-order valence-corrected chi connectivity index (χ0v) is 10.2. The number of esters is 1. The Balaban J connectivity index is 1.78. The molecule has 1 rings (SSSR count). The van der Waals surface area contributed by atoms with Gasteiger partial charge in [-0.25, -0.2) is 0 Å². The summed E-state index contributed by atoms with van der Waals surface area (Å²) in [5.41, 5.74) is 0. The van der Waals surface area contributed by atoms with Crippen molar-refractivity contribution < 1.29 is 14.3 Å². The van der Waals surface area contributed by atoms with Gasteiger partial charge >= 0.3 is 5.97 Å². The fraction of sp³-hybridized carbons (Fsp3) is 0.917. The minimum absolute atomic E-state index is 0.132. The van der Waals surface area contributed by atoms with E-state index in [9.17, 15) is 4.79 Å². The van der Waals surface area contributed by atoms with E-state index in [1.165, 1.54) is 12.8 Å². The Kier molecular flexibility index (Phi) is 7.17. The van der Waals surface area contributed by atoms with E-state index in [0.29, 0.717) is 25.7 Å². The molecule has 1 aliphatic carbocycles. The molecule has 16 heavy (non-hydrogen) atoms. The zero-order valence-electron chi connectivity index (χ0n) is 10.2. The van der Waals surface area contributed by atoms with Crippen LogP contribution in [0.15, 0.2) is 0 Å². The van der Waals surface area contributed by atoms with Crippen LogP contribution in [0.25, 0.3) is 0 Å². The van der Waals surface area contributed by atoms with Crippen molar-refractivity contribution in [3.05, 3.63) is 0 Å². The highest BCUT2D eigenvalue weighted by molar-refractivity contribution is 5.69. The van der Waals surface area contributed by atoms with Gasteiger partial charge in [-0.05, 0) is 19.3 Å². The highest BCUT2D eigenvalue weighted by Crippen LogP contribution is 2.18. The summed E-state index contributed by atoms with van der Waals surface area (Å²) in [6, 6.07) is 0.658. The molecule has 0 saturated heterocycles. The quantitative estimate of drug-likeness (QED) is 0.455. The molecule has 0 aromatic heterocycles. The van der Waals surface area contributed by atoms with Crippen molar-refractivity contribution in [1.82, 2.24) is 5.32 Å². The van der Waals surface area contributed by atoms with Crippen LogP contribution in [-0.2, 0) is 14.3 Å². The van der Waals surface area contributed by atoms with Crippen LogP contribution >= 0.6 is 0 Å². The molecule has 0 aromatic carbocycles. The summed E-state index contributed by atoms with van der Waals surface area (Å²) in [7, 11) is 0. The second kappa shape index (κ2) is 8.53. The summed E-state index contributed by atoms with van der Waals surface area (Å²) < 4.78 is 10.3. The second-order valence-corrected chi connectivity index (χ2v) is 4.16. The van der Waals surface area contributed by atoms with Gasteiger partial charge in [-0.2, -0.15) is 0 Å². The van der Waals surface area contributed by atoms with Gasteiger partial charge in [0.2, 0.25) is 0 Å². The number of hydrogen-bond acceptors (Lipinski definition) is 4. The molecule has 4 nitrogen and oxygen atoms in total. The maximum atomic E-state index is 11.2. The van der Waals surface area contributed by atoms with Crippen molar-refractivity contribution in [3.8, 4) is 0 Å². The first-order chi connectivity index (χ1) is 7.83. The third-order valence-electron chi connectivity index (χ3n) is 2.47. The third-order valence-corrected chi connectivity index (χ3v) is 2.47. The van der Waals surface area contributed by atoms with E-state index < -0.39 is 0 Å². The van der Waals surface area contributed by atoms with Gasteiger partial charge in [-0.15, -0.1) is 0 Å². The molecule has 0 atom stereocenters. The summed E-state index contributed by atoms with van der Waals surface area (Å²) in [5, 5.41) is 3.27. The van der Waals surface area contributed by atoms with Gasteiger partial charge < -0.3 is 14.8 Å². The zero-order chi connectivity index (χ0) is 11.6. The van der Waals surface area contributed by atoms with Crippen molar-refractivity contribution in [2.75, 3.05) is 26.4 Å². The molecule has 0 unspecified atom stereocenters. The van der Waals surface area contributed by atoms with Crippen LogP contribution in [0.2, 0.25) is 0 Å². The first-order valence-corrected chi connectivity index (χ1v) is 6.29. The van der Waals surface area contributed by atoms with E-state index in [1.807, 2.05) is 0 Å². The van der Waals surface area contributed by atoms with Crippen molar-refractivity contribution in [2.24, 2.45) is 0 Å². The van der Waals surface area contributed by atoms with E-state index in [2.05, 4.69) is 12.2 Å². The molecule has 0 aromatic rings. The van der Waals surface area contributed by atoms with Gasteiger partial charge in [-0.1, -0.05) is 13.3 Å². The molecule has 1 N–H and O–H groups in total. The number of carbonyl (C=O) groups is 1. The molecule has 0 aliphatic heterocycles. The van der Waals surface area contributed by atoms with Gasteiger partial charge in [0.05, 0.1) is 13.0 Å². The Morgan fingerprint density at radius 3 is 2.81 bits per heavy atom. The largest absolute Gasteiger partial charge is 0.463 e. The highest BCUT2D eigenvalue weighted by Gasteiger charge is 2.20. The minimum Gasteiger partial charge on any atom is -0.463 e. The number of nitrogens with one attached hydrogen (secondary N) is 1. The van der Waals surface area contributed by atoms with Crippen LogP contribution < -0.4 is 5.32 Å². The van der Waals surface area contributed by atoms with Crippen molar-refractivity contribution in [2.45, 2.75) is 45.1 Å². The minimum atomic E-state index is -0.132. The average Bonchev–Trinajstić information content (AvgIpc) is 3.07. The normalized spacial score (nSPS) is 15.1. The predicted molar refractivity (Wildman–Crippen MR) is 62.3 cm³/mol. The van der Waals surface area contributed by atoms with Gasteiger partial charge in [0.15, 0.2) is 0 Å². The van der Waals surface area contributed by atoms with Crippen LogP contribution in [-0.4, -0.2) is 38.4 Å². The lowest BCUT2D eigenvalue weighted by atomic mass is 10.4. The van der Waals surface area contributed by atoms with Crippen molar-refractivity contribution in [1.29, 1.82) is 0 Å². The number of hydrogen-bond donors (Lipinski definition) is 1. The fourth-order valence-corrected chi connectivity index (χ4v) is 1.30. The Morgan fingerprint density at radius 2 is 2.12 bits per heavy atom. The maximum absolute atomic E-state index is 11.2. The Bertz CT molecular complexity index is 193. The lowest BCUT2D eigenvalue weighted by Gasteiger charge is -2.06. The van der Waals surface area contributed by atoms with Crippen molar-refractivity contribution in [3.63, 3.8) is 0 Å². The third kappa shape index (κ3) is 7.65. The van der Waals surface area contributed by atoms with E-state index >= 15 is 0 Å². The first-order valence-electron chi connectivity index (χ1n) is 6.29. The SMILES string of the molecule is CCCCOCCOC(=O)CCNC1CC1. The van der Waals surface area contributed by atoms with Gasteiger partial charge in [-0.3, -0.25) is 4.79 Å². The molecule has 0 bridgehead atoms. The standard InChI is InChI=1S/C12H23NO3/c1-2-3-8-15-9-10-16-12(14)6-7-13-11-4-5-11/h11,13H,2-10H2,1H3. The summed E-state index contributed by atoms with van der Waals surface area (Å²) in [6.07, 6.45) is 5.16. The molecule has 1 saturated carbocycles. The van der Waals surface area contributed by atoms with Crippen LogP contribution in [0.5, 0.6) is 0 Å². The van der Waals surface area contributed by atoms with Crippen LogP contribution in [0.1, 0.15) is 39.0 Å². The van der Waals surface area contributed by atoms with E-state index in [0.717, 1.165) is 26.0 Å². The molecule has 4 heteroatoms. The van der Waals surface area contributed by atoms with Crippen molar-refractivity contribution >= 4 is 5.97 Å². The van der Waals surface area contributed by atoms with E-state index in [4.69, 9.17) is 9.47 Å². The van der Waals surface area contributed by atoms with Gasteiger partial charge in [0.25, 0.3) is 0 Å².